The van der Waals surface area contributed by atoms with E-state index in [0.717, 1.165) is 25.5 Å². The van der Waals surface area contributed by atoms with Crippen LogP contribution in [0, 0.1) is 5.92 Å². The van der Waals surface area contributed by atoms with Crippen molar-refractivity contribution in [2.24, 2.45) is 5.92 Å². The number of amides is 1. The number of rotatable bonds is 8. The summed E-state index contributed by atoms with van der Waals surface area (Å²) in [5.74, 6) is 0.676. The largest absolute Gasteiger partial charge is 0.352 e. The predicted molar refractivity (Wildman–Crippen MR) is 85.6 cm³/mol. The first kappa shape index (κ1) is 18.0. The number of alkyl halides is 1. The van der Waals surface area contributed by atoms with Gasteiger partial charge in [0, 0.05) is 24.2 Å². The zero-order valence-corrected chi connectivity index (χ0v) is 14.0. The van der Waals surface area contributed by atoms with Gasteiger partial charge in [0.2, 0.25) is 0 Å². The Kier molecular flexibility index (Phi) is 7.18. The molecule has 0 aliphatic carbocycles. The van der Waals surface area contributed by atoms with E-state index in [1.807, 2.05) is 0 Å². The molecule has 0 saturated heterocycles. The highest BCUT2D eigenvalue weighted by Gasteiger charge is 2.13. The number of halogens is 1. The molecule has 0 aliphatic rings. The van der Waals surface area contributed by atoms with Crippen LogP contribution in [0.4, 0.5) is 0 Å². The fourth-order valence-electron chi connectivity index (χ4n) is 2.12. The van der Waals surface area contributed by atoms with Crippen molar-refractivity contribution in [1.82, 2.24) is 5.32 Å². The topological polar surface area (TPSA) is 63.2 Å². The van der Waals surface area contributed by atoms with Crippen LogP contribution in [-0.4, -0.2) is 33.0 Å². The van der Waals surface area contributed by atoms with Crippen molar-refractivity contribution < 1.29 is 13.2 Å². The van der Waals surface area contributed by atoms with Crippen LogP contribution in [0.25, 0.3) is 0 Å². The highest BCUT2D eigenvalue weighted by molar-refractivity contribution is 7.90. The summed E-state index contributed by atoms with van der Waals surface area (Å²) >= 11 is 5.76. The van der Waals surface area contributed by atoms with Gasteiger partial charge in [-0.15, -0.1) is 11.6 Å². The minimum Gasteiger partial charge on any atom is -0.352 e. The van der Waals surface area contributed by atoms with Gasteiger partial charge < -0.3 is 5.32 Å². The molecule has 118 valence electrons. The Hall–Kier alpha value is -1.07. The third-order valence-electron chi connectivity index (χ3n) is 3.29. The molecule has 1 aromatic rings. The Labute approximate surface area is 131 Å². The number of benzene rings is 1. The second kappa shape index (κ2) is 8.39. The quantitative estimate of drug-likeness (QED) is 0.745. The van der Waals surface area contributed by atoms with Crippen LogP contribution < -0.4 is 5.32 Å². The number of sulfone groups is 1. The minimum atomic E-state index is -3.30. The van der Waals surface area contributed by atoms with Crippen LogP contribution >= 0.6 is 11.6 Å². The zero-order valence-electron chi connectivity index (χ0n) is 12.4. The molecule has 1 rings (SSSR count). The Morgan fingerprint density at radius 3 is 2.62 bits per heavy atom. The van der Waals surface area contributed by atoms with Gasteiger partial charge in [0.1, 0.15) is 0 Å². The monoisotopic (exact) mass is 331 g/mol. The average Bonchev–Trinajstić information content (AvgIpc) is 2.44. The van der Waals surface area contributed by atoms with Crippen molar-refractivity contribution in [3.05, 3.63) is 29.8 Å². The molecule has 0 saturated carbocycles. The molecule has 21 heavy (non-hydrogen) atoms. The van der Waals surface area contributed by atoms with Crippen molar-refractivity contribution in [3.8, 4) is 0 Å². The molecule has 1 unspecified atom stereocenters. The van der Waals surface area contributed by atoms with E-state index in [1.54, 1.807) is 12.1 Å². The maximum atomic E-state index is 12.1. The summed E-state index contributed by atoms with van der Waals surface area (Å²) in [7, 11) is -3.30. The molecular weight excluding hydrogens is 310 g/mol. The van der Waals surface area contributed by atoms with E-state index in [4.69, 9.17) is 11.6 Å². The maximum Gasteiger partial charge on any atom is 0.251 e. The van der Waals surface area contributed by atoms with E-state index in [2.05, 4.69) is 12.2 Å². The summed E-state index contributed by atoms with van der Waals surface area (Å²) in [6.07, 6.45) is 4.04. The van der Waals surface area contributed by atoms with Crippen molar-refractivity contribution in [3.63, 3.8) is 0 Å². The van der Waals surface area contributed by atoms with Gasteiger partial charge >= 0.3 is 0 Å². The average molecular weight is 332 g/mol. The van der Waals surface area contributed by atoms with E-state index in [0.29, 0.717) is 23.9 Å². The lowest BCUT2D eigenvalue weighted by Crippen LogP contribution is -2.29. The van der Waals surface area contributed by atoms with Gasteiger partial charge in [0.05, 0.1) is 4.90 Å². The third-order valence-corrected chi connectivity index (χ3v) is 4.62. The molecule has 0 radical (unpaired) electrons. The second-order valence-corrected chi connectivity index (χ2v) is 7.54. The molecular formula is C15H22ClNO3S. The van der Waals surface area contributed by atoms with Crippen LogP contribution in [-0.2, 0) is 9.84 Å². The van der Waals surface area contributed by atoms with Crippen LogP contribution in [0.2, 0.25) is 0 Å². The number of hydrogen-bond donors (Lipinski definition) is 1. The van der Waals surface area contributed by atoms with Gasteiger partial charge in [-0.05, 0) is 37.0 Å². The number of hydrogen-bond acceptors (Lipinski definition) is 3. The SMILES string of the molecule is CCCC(CCCl)CNC(=O)c1cccc(S(C)(=O)=O)c1. The first-order valence-corrected chi connectivity index (χ1v) is 9.45. The highest BCUT2D eigenvalue weighted by atomic mass is 35.5. The predicted octanol–water partition coefficient (Wildman–Crippen LogP) is 2.87. The minimum absolute atomic E-state index is 0.154. The summed E-state index contributed by atoms with van der Waals surface area (Å²) in [5, 5.41) is 2.85. The van der Waals surface area contributed by atoms with E-state index >= 15 is 0 Å². The lowest BCUT2D eigenvalue weighted by Gasteiger charge is -2.15. The van der Waals surface area contributed by atoms with Crippen LogP contribution in [0.1, 0.15) is 36.5 Å². The molecule has 0 aliphatic heterocycles. The van der Waals surface area contributed by atoms with Gasteiger partial charge in [-0.25, -0.2) is 8.42 Å². The summed E-state index contributed by atoms with van der Waals surface area (Å²) in [6.45, 7) is 2.65. The Bertz CT molecular complexity index is 566. The van der Waals surface area contributed by atoms with Crippen molar-refractivity contribution in [2.75, 3.05) is 18.7 Å². The standard InChI is InChI=1S/C15H22ClNO3S/c1-3-5-12(8-9-16)11-17-15(18)13-6-4-7-14(10-13)21(2,19)20/h4,6-7,10,12H,3,5,8-9,11H2,1-2H3,(H,17,18). The summed E-state index contributed by atoms with van der Waals surface area (Å²) in [6, 6.07) is 6.08. The molecule has 1 aromatic carbocycles. The molecule has 1 atom stereocenters. The van der Waals surface area contributed by atoms with E-state index < -0.39 is 9.84 Å². The molecule has 0 fully saturated rings. The number of carbonyl (C=O) groups excluding carboxylic acids is 1. The molecule has 0 bridgehead atoms. The lowest BCUT2D eigenvalue weighted by molar-refractivity contribution is 0.0945. The molecule has 0 heterocycles. The van der Waals surface area contributed by atoms with Gasteiger partial charge in [-0.2, -0.15) is 0 Å². The van der Waals surface area contributed by atoms with Crippen LogP contribution in [0.5, 0.6) is 0 Å². The maximum absolute atomic E-state index is 12.1. The van der Waals surface area contributed by atoms with Crippen LogP contribution in [0.15, 0.2) is 29.2 Å². The Morgan fingerprint density at radius 1 is 1.33 bits per heavy atom. The van der Waals surface area contributed by atoms with E-state index in [-0.39, 0.29) is 10.8 Å². The molecule has 0 spiro atoms. The lowest BCUT2D eigenvalue weighted by atomic mass is 10.0. The van der Waals surface area contributed by atoms with Gasteiger partial charge in [-0.1, -0.05) is 19.4 Å². The number of carbonyl (C=O) groups is 1. The van der Waals surface area contributed by atoms with Crippen LogP contribution in [0.3, 0.4) is 0 Å². The van der Waals surface area contributed by atoms with Gasteiger partial charge in [0.15, 0.2) is 9.84 Å². The van der Waals surface area contributed by atoms with Gasteiger partial charge in [0.25, 0.3) is 5.91 Å². The Morgan fingerprint density at radius 2 is 2.05 bits per heavy atom. The van der Waals surface area contributed by atoms with Crippen molar-refractivity contribution in [1.29, 1.82) is 0 Å². The first-order chi connectivity index (χ1) is 9.88. The smallest absolute Gasteiger partial charge is 0.251 e. The second-order valence-electron chi connectivity index (χ2n) is 5.14. The summed E-state index contributed by atoms with van der Waals surface area (Å²) in [5.41, 5.74) is 0.360. The summed E-state index contributed by atoms with van der Waals surface area (Å²) in [4.78, 5) is 12.3. The van der Waals surface area contributed by atoms with E-state index in [9.17, 15) is 13.2 Å². The fraction of sp³-hybridized carbons (Fsp3) is 0.533. The molecule has 0 aromatic heterocycles. The summed E-state index contributed by atoms with van der Waals surface area (Å²) < 4.78 is 23.0. The zero-order chi connectivity index (χ0) is 15.9. The molecule has 1 N–H and O–H groups in total. The van der Waals surface area contributed by atoms with E-state index in [1.165, 1.54) is 12.1 Å². The molecule has 4 nitrogen and oxygen atoms in total. The van der Waals surface area contributed by atoms with Crippen molar-refractivity contribution in [2.45, 2.75) is 31.1 Å². The number of nitrogens with one attached hydrogen (secondary N) is 1. The third kappa shape index (κ3) is 6.06. The highest BCUT2D eigenvalue weighted by Crippen LogP contribution is 2.13. The Balaban J connectivity index is 2.71. The van der Waals surface area contributed by atoms with Crippen molar-refractivity contribution >= 4 is 27.3 Å². The normalized spacial score (nSPS) is 12.9. The molecule has 6 heteroatoms. The van der Waals surface area contributed by atoms with Gasteiger partial charge in [-0.3, -0.25) is 4.79 Å². The fourth-order valence-corrected chi connectivity index (χ4v) is 3.09. The first-order valence-electron chi connectivity index (χ1n) is 7.02. The molecule has 1 amide bonds.